The minimum Gasteiger partial charge on any atom is -0.314 e. The average Bonchev–Trinajstić information content (AvgIpc) is 1.98. The molecule has 2 atom stereocenters. The molecule has 2 unspecified atom stereocenters. The average molecular weight is 171 g/mol. The van der Waals surface area contributed by atoms with Gasteiger partial charge < -0.3 is 5.32 Å². The van der Waals surface area contributed by atoms with Crippen LogP contribution in [0.5, 0.6) is 0 Å². The zero-order valence-electron chi connectivity index (χ0n) is 9.35. The van der Waals surface area contributed by atoms with Crippen LogP contribution in [0.4, 0.5) is 0 Å². The Morgan fingerprint density at radius 2 is 1.67 bits per heavy atom. The highest BCUT2D eigenvalue weighted by Gasteiger charge is 2.14. The van der Waals surface area contributed by atoms with Crippen LogP contribution in [0.3, 0.4) is 0 Å². The van der Waals surface area contributed by atoms with E-state index in [1.165, 1.54) is 12.8 Å². The Morgan fingerprint density at radius 3 is 2.00 bits per heavy atom. The summed E-state index contributed by atoms with van der Waals surface area (Å²) in [4.78, 5) is 0. The van der Waals surface area contributed by atoms with E-state index in [9.17, 15) is 0 Å². The molecule has 0 aliphatic rings. The highest BCUT2D eigenvalue weighted by Crippen LogP contribution is 2.16. The van der Waals surface area contributed by atoms with Crippen LogP contribution in [-0.2, 0) is 0 Å². The first-order valence-corrected chi connectivity index (χ1v) is 5.35. The van der Waals surface area contributed by atoms with Crippen LogP contribution in [0.15, 0.2) is 0 Å². The van der Waals surface area contributed by atoms with Gasteiger partial charge in [0, 0.05) is 6.04 Å². The first-order chi connectivity index (χ1) is 5.61. The molecule has 0 fully saturated rings. The monoisotopic (exact) mass is 171 g/mol. The summed E-state index contributed by atoms with van der Waals surface area (Å²) in [6, 6.07) is 0.720. The molecule has 0 amide bonds. The summed E-state index contributed by atoms with van der Waals surface area (Å²) >= 11 is 0. The second kappa shape index (κ2) is 6.47. The molecular weight excluding hydrogens is 146 g/mol. The maximum Gasteiger partial charge on any atom is 0.00900 e. The lowest BCUT2D eigenvalue weighted by Gasteiger charge is -2.24. The van der Waals surface area contributed by atoms with Gasteiger partial charge in [-0.3, -0.25) is 0 Å². The minimum atomic E-state index is 0.720. The van der Waals surface area contributed by atoms with E-state index in [0.717, 1.165) is 24.4 Å². The molecule has 0 aromatic rings. The zero-order valence-corrected chi connectivity index (χ0v) is 9.35. The molecule has 1 heteroatoms. The second-order valence-corrected chi connectivity index (χ2v) is 4.18. The van der Waals surface area contributed by atoms with Crippen molar-refractivity contribution in [1.29, 1.82) is 0 Å². The predicted molar refractivity (Wildman–Crippen MR) is 56.4 cm³/mol. The van der Waals surface area contributed by atoms with Crippen molar-refractivity contribution >= 4 is 0 Å². The molecule has 0 heterocycles. The van der Waals surface area contributed by atoms with Gasteiger partial charge in [-0.25, -0.2) is 0 Å². The van der Waals surface area contributed by atoms with Crippen molar-refractivity contribution < 1.29 is 0 Å². The van der Waals surface area contributed by atoms with E-state index in [1.807, 2.05) is 0 Å². The lowest BCUT2D eigenvalue weighted by molar-refractivity contribution is 0.320. The van der Waals surface area contributed by atoms with Gasteiger partial charge in [0.1, 0.15) is 0 Å². The van der Waals surface area contributed by atoms with Crippen molar-refractivity contribution in [3.8, 4) is 0 Å². The molecule has 0 aliphatic carbocycles. The van der Waals surface area contributed by atoms with Crippen LogP contribution in [0, 0.1) is 11.8 Å². The Hall–Kier alpha value is -0.0400. The molecule has 0 aliphatic heterocycles. The molecule has 12 heavy (non-hydrogen) atoms. The molecule has 0 saturated heterocycles. The maximum atomic E-state index is 3.54. The normalized spacial score (nSPS) is 16.5. The third-order valence-corrected chi connectivity index (χ3v) is 2.44. The number of nitrogens with one attached hydrogen (secondary N) is 1. The van der Waals surface area contributed by atoms with Crippen LogP contribution in [0.2, 0.25) is 0 Å². The summed E-state index contributed by atoms with van der Waals surface area (Å²) in [7, 11) is 0. The van der Waals surface area contributed by atoms with Gasteiger partial charge in [0.05, 0.1) is 0 Å². The van der Waals surface area contributed by atoms with E-state index in [1.54, 1.807) is 0 Å². The standard InChI is InChI=1S/C11H25N/c1-6-11(12-7-2)10(5)8-9(3)4/h9-12H,6-8H2,1-5H3. The van der Waals surface area contributed by atoms with E-state index in [2.05, 4.69) is 39.9 Å². The van der Waals surface area contributed by atoms with Crippen LogP contribution in [0.25, 0.3) is 0 Å². The molecule has 0 rings (SSSR count). The molecule has 1 nitrogen and oxygen atoms in total. The van der Waals surface area contributed by atoms with Crippen molar-refractivity contribution in [2.75, 3.05) is 6.54 Å². The second-order valence-electron chi connectivity index (χ2n) is 4.18. The summed E-state index contributed by atoms with van der Waals surface area (Å²) in [6.07, 6.45) is 2.59. The summed E-state index contributed by atoms with van der Waals surface area (Å²) < 4.78 is 0. The van der Waals surface area contributed by atoms with Crippen molar-refractivity contribution in [2.24, 2.45) is 11.8 Å². The van der Waals surface area contributed by atoms with Gasteiger partial charge in [0.15, 0.2) is 0 Å². The molecule has 0 radical (unpaired) electrons. The number of hydrogen-bond donors (Lipinski definition) is 1. The summed E-state index contributed by atoms with van der Waals surface area (Å²) in [5.74, 6) is 1.64. The van der Waals surface area contributed by atoms with Crippen LogP contribution in [-0.4, -0.2) is 12.6 Å². The smallest absolute Gasteiger partial charge is 0.00900 e. The highest BCUT2D eigenvalue weighted by molar-refractivity contribution is 4.72. The largest absolute Gasteiger partial charge is 0.314 e. The van der Waals surface area contributed by atoms with E-state index in [0.29, 0.717) is 0 Å². The molecule has 0 spiro atoms. The van der Waals surface area contributed by atoms with E-state index in [-0.39, 0.29) is 0 Å². The molecule has 0 bridgehead atoms. The number of hydrogen-bond acceptors (Lipinski definition) is 1. The van der Waals surface area contributed by atoms with Gasteiger partial charge in [0.25, 0.3) is 0 Å². The third-order valence-electron chi connectivity index (χ3n) is 2.44. The van der Waals surface area contributed by atoms with E-state index in [4.69, 9.17) is 0 Å². The van der Waals surface area contributed by atoms with Gasteiger partial charge in [-0.2, -0.15) is 0 Å². The van der Waals surface area contributed by atoms with Gasteiger partial charge in [0.2, 0.25) is 0 Å². The molecule has 74 valence electrons. The fourth-order valence-corrected chi connectivity index (χ4v) is 1.92. The van der Waals surface area contributed by atoms with E-state index >= 15 is 0 Å². The third kappa shape index (κ3) is 4.76. The Labute approximate surface area is 77.9 Å². The Kier molecular flexibility index (Phi) is 6.45. The lowest BCUT2D eigenvalue weighted by atomic mass is 9.91. The Balaban J connectivity index is 3.76. The first-order valence-electron chi connectivity index (χ1n) is 5.35. The summed E-state index contributed by atoms with van der Waals surface area (Å²) in [5.41, 5.74) is 0. The highest BCUT2D eigenvalue weighted by atomic mass is 14.9. The van der Waals surface area contributed by atoms with Gasteiger partial charge in [-0.1, -0.05) is 34.6 Å². The van der Waals surface area contributed by atoms with Gasteiger partial charge in [-0.05, 0) is 31.2 Å². The maximum absolute atomic E-state index is 3.54. The van der Waals surface area contributed by atoms with Crippen LogP contribution >= 0.6 is 0 Å². The lowest BCUT2D eigenvalue weighted by Crippen LogP contribution is -2.34. The van der Waals surface area contributed by atoms with Crippen molar-refractivity contribution in [1.82, 2.24) is 5.32 Å². The van der Waals surface area contributed by atoms with Crippen molar-refractivity contribution in [2.45, 2.75) is 53.5 Å². The van der Waals surface area contributed by atoms with Crippen molar-refractivity contribution in [3.63, 3.8) is 0 Å². The SMILES string of the molecule is CCNC(CC)C(C)CC(C)C. The van der Waals surface area contributed by atoms with Crippen molar-refractivity contribution in [3.05, 3.63) is 0 Å². The molecule has 0 aromatic heterocycles. The van der Waals surface area contributed by atoms with E-state index < -0.39 is 0 Å². The topological polar surface area (TPSA) is 12.0 Å². The molecule has 0 saturated carbocycles. The van der Waals surface area contributed by atoms with Gasteiger partial charge >= 0.3 is 0 Å². The molecule has 1 N–H and O–H groups in total. The fourth-order valence-electron chi connectivity index (χ4n) is 1.92. The Morgan fingerprint density at radius 1 is 1.08 bits per heavy atom. The first kappa shape index (κ1) is 12.0. The summed E-state index contributed by atoms with van der Waals surface area (Å²) in [5, 5.41) is 3.54. The fraction of sp³-hybridized carbons (Fsp3) is 1.00. The molecular formula is C11H25N. The summed E-state index contributed by atoms with van der Waals surface area (Å²) in [6.45, 7) is 12.5. The zero-order chi connectivity index (χ0) is 9.56. The molecule has 0 aromatic carbocycles. The van der Waals surface area contributed by atoms with Crippen LogP contribution in [0.1, 0.15) is 47.5 Å². The predicted octanol–water partition coefficient (Wildman–Crippen LogP) is 3.06. The quantitative estimate of drug-likeness (QED) is 0.647. The minimum absolute atomic E-state index is 0.720. The van der Waals surface area contributed by atoms with Gasteiger partial charge in [-0.15, -0.1) is 0 Å². The van der Waals surface area contributed by atoms with Crippen LogP contribution < -0.4 is 5.32 Å². The Bertz CT molecular complexity index is 99.2. The number of rotatable bonds is 6.